The summed E-state index contributed by atoms with van der Waals surface area (Å²) in [5.41, 5.74) is 1.28. The fourth-order valence-corrected chi connectivity index (χ4v) is 5.10. The van der Waals surface area contributed by atoms with Gasteiger partial charge in [-0.05, 0) is 37.1 Å². The van der Waals surface area contributed by atoms with Crippen molar-refractivity contribution in [2.24, 2.45) is 4.36 Å². The highest BCUT2D eigenvalue weighted by Gasteiger charge is 2.33. The predicted octanol–water partition coefficient (Wildman–Crippen LogP) is 1.45. The number of cyclic esters (lactones) is 1. The van der Waals surface area contributed by atoms with E-state index < -0.39 is 39.8 Å². The molecular formula is C20H24FN3O6S. The van der Waals surface area contributed by atoms with Crippen molar-refractivity contribution in [1.82, 2.24) is 5.32 Å². The first-order valence-corrected chi connectivity index (χ1v) is 11.6. The third-order valence-corrected chi connectivity index (χ3v) is 7.00. The van der Waals surface area contributed by atoms with Crippen LogP contribution in [0.5, 0.6) is 0 Å². The van der Waals surface area contributed by atoms with Gasteiger partial charge in [-0.3, -0.25) is 14.5 Å². The van der Waals surface area contributed by atoms with Crippen LogP contribution in [0.2, 0.25) is 0 Å². The molecule has 3 atom stereocenters. The van der Waals surface area contributed by atoms with Crippen molar-refractivity contribution in [1.29, 1.82) is 0 Å². The molecule has 0 radical (unpaired) electrons. The maximum absolute atomic E-state index is 14.8. The largest absolute Gasteiger partial charge is 0.442 e. The van der Waals surface area contributed by atoms with E-state index in [1.54, 1.807) is 12.1 Å². The van der Waals surface area contributed by atoms with Crippen LogP contribution in [0.15, 0.2) is 28.6 Å². The van der Waals surface area contributed by atoms with E-state index in [-0.39, 0.29) is 36.9 Å². The Morgan fingerprint density at radius 2 is 2.19 bits per heavy atom. The van der Waals surface area contributed by atoms with Crippen LogP contribution in [0.3, 0.4) is 0 Å². The lowest BCUT2D eigenvalue weighted by atomic mass is 10.0. The SMILES string of the molecule is CC(=O)NC[C@@H]1CN(c2ccc(C3=CCS(=O)(=NC(=O)[C@@H](C)O)CC3)c(F)c2)C(=O)O1. The lowest BCUT2D eigenvalue weighted by Gasteiger charge is -2.19. The molecule has 1 saturated heterocycles. The molecule has 0 bridgehead atoms. The number of anilines is 1. The van der Waals surface area contributed by atoms with Gasteiger partial charge in [0, 0.05) is 18.2 Å². The molecule has 1 aromatic carbocycles. The summed E-state index contributed by atoms with van der Waals surface area (Å²) in [5, 5.41) is 11.8. The van der Waals surface area contributed by atoms with E-state index in [2.05, 4.69) is 9.68 Å². The Morgan fingerprint density at radius 3 is 2.77 bits per heavy atom. The number of rotatable bonds is 5. The first-order valence-electron chi connectivity index (χ1n) is 9.74. The first-order chi connectivity index (χ1) is 14.6. The smallest absolute Gasteiger partial charge is 0.414 e. The highest BCUT2D eigenvalue weighted by Crippen LogP contribution is 2.30. The number of aliphatic hydroxyl groups is 1. The summed E-state index contributed by atoms with van der Waals surface area (Å²) in [6, 6.07) is 4.36. The van der Waals surface area contributed by atoms with Crippen molar-refractivity contribution < 1.29 is 32.8 Å². The Labute approximate surface area is 179 Å². The lowest BCUT2D eigenvalue weighted by molar-refractivity contribution is -0.124. The van der Waals surface area contributed by atoms with Crippen LogP contribution in [0.25, 0.3) is 5.57 Å². The minimum absolute atomic E-state index is 0.00867. The predicted molar refractivity (Wildman–Crippen MR) is 112 cm³/mol. The Bertz CT molecular complexity index is 1060. The number of nitrogens with zero attached hydrogens (tertiary/aromatic N) is 2. The average molecular weight is 453 g/mol. The quantitative estimate of drug-likeness (QED) is 0.695. The zero-order valence-electron chi connectivity index (χ0n) is 17.2. The summed E-state index contributed by atoms with van der Waals surface area (Å²) < 4.78 is 36.3. The van der Waals surface area contributed by atoms with Crippen molar-refractivity contribution in [2.45, 2.75) is 32.5 Å². The number of nitrogens with one attached hydrogen (secondary N) is 1. The van der Waals surface area contributed by atoms with Crippen molar-refractivity contribution in [2.75, 3.05) is 29.5 Å². The molecule has 3 amide bonds. The number of amides is 3. The molecule has 31 heavy (non-hydrogen) atoms. The molecule has 1 unspecified atom stereocenters. The second-order valence-corrected chi connectivity index (χ2v) is 9.92. The van der Waals surface area contributed by atoms with E-state index in [0.717, 1.165) is 0 Å². The van der Waals surface area contributed by atoms with Gasteiger partial charge in [-0.1, -0.05) is 6.08 Å². The maximum atomic E-state index is 14.8. The van der Waals surface area contributed by atoms with Crippen molar-refractivity contribution in [3.8, 4) is 0 Å². The van der Waals surface area contributed by atoms with Crippen LogP contribution in [0.1, 0.15) is 25.8 Å². The Balaban J connectivity index is 1.73. The minimum Gasteiger partial charge on any atom is -0.442 e. The number of hydrogen-bond acceptors (Lipinski definition) is 6. The summed E-state index contributed by atoms with van der Waals surface area (Å²) in [7, 11) is -2.82. The lowest BCUT2D eigenvalue weighted by Crippen LogP contribution is -2.33. The van der Waals surface area contributed by atoms with Gasteiger partial charge in [-0.25, -0.2) is 13.4 Å². The number of aliphatic hydroxyl groups excluding tert-OH is 1. The number of halogens is 1. The number of ether oxygens (including phenoxy) is 1. The van der Waals surface area contributed by atoms with Crippen LogP contribution < -0.4 is 10.2 Å². The van der Waals surface area contributed by atoms with E-state index in [4.69, 9.17) is 4.74 Å². The average Bonchev–Trinajstić information content (AvgIpc) is 3.07. The summed E-state index contributed by atoms with van der Waals surface area (Å²) in [6.07, 6.45) is -0.610. The molecule has 0 saturated carbocycles. The summed E-state index contributed by atoms with van der Waals surface area (Å²) in [6.45, 7) is 2.97. The summed E-state index contributed by atoms with van der Waals surface area (Å²) in [5.74, 6) is -1.54. The Kier molecular flexibility index (Phi) is 6.75. The van der Waals surface area contributed by atoms with Crippen LogP contribution in [0, 0.1) is 5.82 Å². The van der Waals surface area contributed by atoms with Gasteiger partial charge < -0.3 is 15.2 Å². The summed E-state index contributed by atoms with van der Waals surface area (Å²) >= 11 is 0. The molecule has 3 rings (SSSR count). The number of allylic oxidation sites excluding steroid dienone is 1. The van der Waals surface area contributed by atoms with Gasteiger partial charge in [0.25, 0.3) is 5.91 Å². The molecular weight excluding hydrogens is 429 g/mol. The zero-order valence-corrected chi connectivity index (χ0v) is 18.0. The monoisotopic (exact) mass is 453 g/mol. The van der Waals surface area contributed by atoms with E-state index in [0.29, 0.717) is 16.8 Å². The van der Waals surface area contributed by atoms with Crippen LogP contribution in [-0.2, 0) is 24.1 Å². The normalized spacial score (nSPS) is 24.3. The minimum atomic E-state index is -2.82. The maximum Gasteiger partial charge on any atom is 0.414 e. The second-order valence-electron chi connectivity index (χ2n) is 7.45. The highest BCUT2D eigenvalue weighted by atomic mass is 32.2. The van der Waals surface area contributed by atoms with Gasteiger partial charge in [0.15, 0.2) is 0 Å². The zero-order chi connectivity index (χ0) is 22.8. The van der Waals surface area contributed by atoms with E-state index in [1.165, 1.54) is 30.9 Å². The number of carbonyl (C=O) groups excluding carboxylic acids is 3. The van der Waals surface area contributed by atoms with Crippen molar-refractivity contribution >= 4 is 38.9 Å². The van der Waals surface area contributed by atoms with E-state index >= 15 is 0 Å². The number of benzene rings is 1. The molecule has 11 heteroatoms. The molecule has 2 heterocycles. The first kappa shape index (κ1) is 22.9. The van der Waals surface area contributed by atoms with Crippen LogP contribution in [0.4, 0.5) is 14.9 Å². The van der Waals surface area contributed by atoms with Gasteiger partial charge in [-0.15, -0.1) is 0 Å². The van der Waals surface area contributed by atoms with Crippen LogP contribution in [-0.4, -0.2) is 64.0 Å². The van der Waals surface area contributed by atoms with Gasteiger partial charge in [-0.2, -0.15) is 4.36 Å². The van der Waals surface area contributed by atoms with Gasteiger partial charge in [0.2, 0.25) is 5.91 Å². The molecule has 168 valence electrons. The molecule has 0 aromatic heterocycles. The third-order valence-electron chi connectivity index (χ3n) is 4.96. The van der Waals surface area contributed by atoms with E-state index in [1.807, 2.05) is 0 Å². The van der Waals surface area contributed by atoms with Gasteiger partial charge >= 0.3 is 6.09 Å². The fourth-order valence-electron chi connectivity index (χ4n) is 3.28. The molecule has 2 aliphatic rings. The van der Waals surface area contributed by atoms with Gasteiger partial charge in [0.1, 0.15) is 18.0 Å². The molecule has 2 aliphatic heterocycles. The van der Waals surface area contributed by atoms with Crippen molar-refractivity contribution in [3.05, 3.63) is 35.7 Å². The highest BCUT2D eigenvalue weighted by molar-refractivity contribution is 7.94. The van der Waals surface area contributed by atoms with Crippen molar-refractivity contribution in [3.63, 3.8) is 0 Å². The Morgan fingerprint density at radius 1 is 1.45 bits per heavy atom. The third kappa shape index (κ3) is 5.47. The summed E-state index contributed by atoms with van der Waals surface area (Å²) in [4.78, 5) is 36.0. The second kappa shape index (κ2) is 9.15. The molecule has 0 aliphatic carbocycles. The molecule has 0 spiro atoms. The standard InChI is InChI=1S/C20H24FN3O6S/c1-12(25)19(27)23-31(29)7-5-14(6-8-31)17-4-3-15(9-18(17)21)24-11-16(30-20(24)28)10-22-13(2)26/h3-5,9,12,16,25H,6-8,10-11H2,1-2H3,(H,22,26)/t12-,16-,31?/m1/s1. The van der Waals surface area contributed by atoms with Gasteiger partial charge in [0.05, 0.1) is 34.3 Å². The molecule has 1 aromatic rings. The fraction of sp³-hybridized carbons (Fsp3) is 0.450. The Hall–Kier alpha value is -2.79. The number of hydrogen-bond donors (Lipinski definition) is 2. The van der Waals surface area contributed by atoms with E-state index in [9.17, 15) is 28.1 Å². The number of carbonyl (C=O) groups is 3. The topological polar surface area (TPSA) is 125 Å². The molecule has 1 fully saturated rings. The molecule has 9 nitrogen and oxygen atoms in total. The van der Waals surface area contributed by atoms with Crippen LogP contribution >= 0.6 is 0 Å². The molecule has 2 N–H and O–H groups in total.